The van der Waals surface area contributed by atoms with Crippen LogP contribution in [0.15, 0.2) is 67.1 Å². The Bertz CT molecular complexity index is 950. The molecule has 2 amide bonds. The van der Waals surface area contributed by atoms with Crippen molar-refractivity contribution >= 4 is 17.5 Å². The van der Waals surface area contributed by atoms with E-state index in [9.17, 15) is 9.59 Å². The van der Waals surface area contributed by atoms with E-state index >= 15 is 0 Å². The van der Waals surface area contributed by atoms with Crippen molar-refractivity contribution in [2.75, 3.05) is 4.90 Å². The topological polar surface area (TPSA) is 81.2 Å². The molecule has 3 aromatic rings. The molecule has 1 atom stereocenters. The highest BCUT2D eigenvalue weighted by molar-refractivity contribution is 6.10. The van der Waals surface area contributed by atoms with Gasteiger partial charge in [0, 0.05) is 36.4 Å². The van der Waals surface area contributed by atoms with Crippen LogP contribution in [-0.4, -0.2) is 27.4 Å². The summed E-state index contributed by atoms with van der Waals surface area (Å²) in [5, 5.41) is 0. The van der Waals surface area contributed by atoms with Gasteiger partial charge >= 0.3 is 0 Å². The Kier molecular flexibility index (Phi) is 3.57. The van der Waals surface area contributed by atoms with E-state index in [-0.39, 0.29) is 11.6 Å². The lowest BCUT2D eigenvalue weighted by molar-refractivity contribution is -0.119. The molecule has 6 heteroatoms. The van der Waals surface area contributed by atoms with Gasteiger partial charge in [-0.25, -0.2) is 0 Å². The zero-order valence-corrected chi connectivity index (χ0v) is 13.4. The van der Waals surface area contributed by atoms with Crippen LogP contribution in [0.1, 0.15) is 16.1 Å². The molecule has 124 valence electrons. The zero-order chi connectivity index (χ0) is 17.4. The van der Waals surface area contributed by atoms with Gasteiger partial charge in [-0.15, -0.1) is 0 Å². The van der Waals surface area contributed by atoms with Gasteiger partial charge < -0.3 is 10.3 Å². The molecule has 1 aliphatic rings. The molecule has 1 aromatic carbocycles. The fourth-order valence-corrected chi connectivity index (χ4v) is 3.19. The third kappa shape index (κ3) is 2.57. The highest BCUT2D eigenvalue weighted by Crippen LogP contribution is 2.33. The zero-order valence-electron chi connectivity index (χ0n) is 13.4. The summed E-state index contributed by atoms with van der Waals surface area (Å²) in [5.74, 6) is -0.853. The minimum atomic E-state index is -0.693. The van der Waals surface area contributed by atoms with Crippen molar-refractivity contribution in [3.8, 4) is 5.69 Å². The van der Waals surface area contributed by atoms with E-state index in [2.05, 4.69) is 4.98 Å². The summed E-state index contributed by atoms with van der Waals surface area (Å²) >= 11 is 0. The minimum absolute atomic E-state index is 0.272. The average Bonchev–Trinajstić information content (AvgIpc) is 3.29. The molecule has 3 heterocycles. The summed E-state index contributed by atoms with van der Waals surface area (Å²) in [7, 11) is 0. The third-order valence-corrected chi connectivity index (χ3v) is 4.39. The quantitative estimate of drug-likeness (QED) is 0.796. The standard InChI is InChI=1S/C19H16N4O2/c20-18(24)17-11-13-5-1-2-6-16(13)23(17)19(25)15-12-14(7-8-21-15)22-9-3-4-10-22/h1-10,12,17H,11H2,(H2,20,24)/t17-/m0/s1. The number of nitrogens with two attached hydrogens (primary N) is 1. The first-order chi connectivity index (χ1) is 12.1. The summed E-state index contributed by atoms with van der Waals surface area (Å²) in [6.07, 6.45) is 5.79. The number of primary amides is 1. The van der Waals surface area contributed by atoms with E-state index in [1.165, 1.54) is 4.90 Å². The number of anilines is 1. The van der Waals surface area contributed by atoms with Gasteiger partial charge in [0.25, 0.3) is 5.91 Å². The molecule has 0 spiro atoms. The molecule has 2 aromatic heterocycles. The molecular weight excluding hydrogens is 316 g/mol. The second kappa shape index (κ2) is 5.90. The van der Waals surface area contributed by atoms with Gasteiger partial charge in [-0.2, -0.15) is 0 Å². The van der Waals surface area contributed by atoms with E-state index in [1.807, 2.05) is 59.4 Å². The second-order valence-electron chi connectivity index (χ2n) is 5.92. The maximum atomic E-state index is 13.1. The number of hydrogen-bond acceptors (Lipinski definition) is 3. The number of carbonyl (C=O) groups is 2. The van der Waals surface area contributed by atoms with Crippen LogP contribution in [0, 0.1) is 0 Å². The van der Waals surface area contributed by atoms with E-state index in [1.54, 1.807) is 12.3 Å². The Morgan fingerprint density at radius 1 is 1.08 bits per heavy atom. The number of amides is 2. The summed E-state index contributed by atoms with van der Waals surface area (Å²) in [6.45, 7) is 0. The van der Waals surface area contributed by atoms with Crippen molar-refractivity contribution in [1.29, 1.82) is 0 Å². The first-order valence-corrected chi connectivity index (χ1v) is 7.95. The molecule has 0 fully saturated rings. The van der Waals surface area contributed by atoms with Crippen LogP contribution in [0.5, 0.6) is 0 Å². The lowest BCUT2D eigenvalue weighted by Crippen LogP contribution is -2.46. The number of carbonyl (C=O) groups excluding carboxylic acids is 2. The predicted octanol–water partition coefficient (Wildman–Crippen LogP) is 1.93. The van der Waals surface area contributed by atoms with E-state index in [4.69, 9.17) is 5.73 Å². The predicted molar refractivity (Wildman–Crippen MR) is 93.5 cm³/mol. The SMILES string of the molecule is NC(=O)[C@@H]1Cc2ccccc2N1C(=O)c1cc(-n2cccc2)ccn1. The van der Waals surface area contributed by atoms with Crippen molar-refractivity contribution in [3.63, 3.8) is 0 Å². The number of para-hydroxylation sites is 1. The first kappa shape index (κ1) is 15.1. The Balaban J connectivity index is 1.75. The van der Waals surface area contributed by atoms with E-state index in [0.29, 0.717) is 12.1 Å². The maximum Gasteiger partial charge on any atom is 0.277 e. The third-order valence-electron chi connectivity index (χ3n) is 4.39. The van der Waals surface area contributed by atoms with Gasteiger partial charge in [0.1, 0.15) is 11.7 Å². The van der Waals surface area contributed by atoms with Crippen LogP contribution in [0.4, 0.5) is 5.69 Å². The van der Waals surface area contributed by atoms with Gasteiger partial charge in [0.2, 0.25) is 5.91 Å². The van der Waals surface area contributed by atoms with Crippen LogP contribution in [-0.2, 0) is 11.2 Å². The molecule has 0 saturated heterocycles. The molecule has 4 rings (SSSR count). The molecule has 0 bridgehead atoms. The number of hydrogen-bond donors (Lipinski definition) is 1. The highest BCUT2D eigenvalue weighted by atomic mass is 16.2. The number of pyridine rings is 1. The van der Waals surface area contributed by atoms with Crippen molar-refractivity contribution < 1.29 is 9.59 Å². The molecule has 0 radical (unpaired) electrons. The van der Waals surface area contributed by atoms with E-state index in [0.717, 1.165) is 11.3 Å². The minimum Gasteiger partial charge on any atom is -0.368 e. The molecular formula is C19H16N4O2. The molecule has 25 heavy (non-hydrogen) atoms. The number of benzene rings is 1. The number of rotatable bonds is 3. The first-order valence-electron chi connectivity index (χ1n) is 7.95. The normalized spacial score (nSPS) is 15.8. The van der Waals surface area contributed by atoms with Crippen molar-refractivity contribution in [1.82, 2.24) is 9.55 Å². The number of fused-ring (bicyclic) bond motifs is 1. The van der Waals surface area contributed by atoms with Crippen molar-refractivity contribution in [2.45, 2.75) is 12.5 Å². The van der Waals surface area contributed by atoms with Crippen LogP contribution in [0.25, 0.3) is 5.69 Å². The molecule has 0 unspecified atom stereocenters. The average molecular weight is 332 g/mol. The van der Waals surface area contributed by atoms with Crippen LogP contribution in [0.3, 0.4) is 0 Å². The van der Waals surface area contributed by atoms with Gasteiger partial charge in [-0.05, 0) is 35.9 Å². The molecule has 0 aliphatic carbocycles. The van der Waals surface area contributed by atoms with Gasteiger partial charge in [0.15, 0.2) is 0 Å². The van der Waals surface area contributed by atoms with E-state index < -0.39 is 11.9 Å². The van der Waals surface area contributed by atoms with Crippen molar-refractivity contribution in [2.24, 2.45) is 5.73 Å². The summed E-state index contributed by atoms with van der Waals surface area (Å²) in [4.78, 5) is 30.6. The lowest BCUT2D eigenvalue weighted by Gasteiger charge is -2.23. The second-order valence-corrected chi connectivity index (χ2v) is 5.92. The maximum absolute atomic E-state index is 13.1. The molecule has 0 saturated carbocycles. The summed E-state index contributed by atoms with van der Waals surface area (Å²) in [6, 6.07) is 14.1. The Hall–Kier alpha value is -3.41. The smallest absolute Gasteiger partial charge is 0.277 e. The molecule has 6 nitrogen and oxygen atoms in total. The number of aromatic nitrogens is 2. The fourth-order valence-electron chi connectivity index (χ4n) is 3.19. The Morgan fingerprint density at radius 3 is 2.60 bits per heavy atom. The van der Waals surface area contributed by atoms with Crippen molar-refractivity contribution in [3.05, 3.63) is 78.4 Å². The summed E-state index contributed by atoms with van der Waals surface area (Å²) in [5.41, 5.74) is 8.28. The molecule has 1 aliphatic heterocycles. The molecule has 2 N–H and O–H groups in total. The van der Waals surface area contributed by atoms with Gasteiger partial charge in [-0.3, -0.25) is 19.5 Å². The van der Waals surface area contributed by atoms with Crippen LogP contribution in [0.2, 0.25) is 0 Å². The highest BCUT2D eigenvalue weighted by Gasteiger charge is 2.37. The van der Waals surface area contributed by atoms with Gasteiger partial charge in [0.05, 0.1) is 0 Å². The monoisotopic (exact) mass is 332 g/mol. The number of nitrogens with zero attached hydrogens (tertiary/aromatic N) is 3. The lowest BCUT2D eigenvalue weighted by atomic mass is 10.1. The largest absolute Gasteiger partial charge is 0.368 e. The fraction of sp³-hybridized carbons (Fsp3) is 0.105. The summed E-state index contributed by atoms with van der Waals surface area (Å²) < 4.78 is 1.89. The Morgan fingerprint density at radius 2 is 1.84 bits per heavy atom. The van der Waals surface area contributed by atoms with Gasteiger partial charge in [-0.1, -0.05) is 18.2 Å². The van der Waals surface area contributed by atoms with Crippen LogP contribution < -0.4 is 10.6 Å². The van der Waals surface area contributed by atoms with Crippen LogP contribution >= 0.6 is 0 Å². The Labute approximate surface area is 144 Å².